The number of nitrogens with one attached hydrogen (secondary N) is 2. The van der Waals surface area contributed by atoms with Gasteiger partial charge in [-0.2, -0.15) is 5.10 Å². The molecule has 25 heavy (non-hydrogen) atoms. The van der Waals surface area contributed by atoms with Crippen LogP contribution in [0, 0.1) is 13.8 Å². The van der Waals surface area contributed by atoms with Crippen molar-refractivity contribution >= 4 is 23.3 Å². The first-order valence-electron chi connectivity index (χ1n) is 8.14. The highest BCUT2D eigenvalue weighted by Crippen LogP contribution is 2.22. The number of aryl methyl sites for hydroxylation is 2. The number of benzene rings is 1. The van der Waals surface area contributed by atoms with E-state index in [0.29, 0.717) is 28.2 Å². The molecule has 1 aromatic carbocycles. The number of Topliss-reactive ketones (excluding diaryl/α,β-unsaturated/α-hetero) is 1. The predicted molar refractivity (Wildman–Crippen MR) is 92.6 cm³/mol. The zero-order valence-electron chi connectivity index (χ0n) is 14.4. The van der Waals surface area contributed by atoms with Crippen molar-refractivity contribution in [3.63, 3.8) is 0 Å². The molecule has 0 spiro atoms. The summed E-state index contributed by atoms with van der Waals surface area (Å²) in [5.41, 5.74) is 2.07. The number of rotatable bonds is 5. The molecule has 0 saturated heterocycles. The van der Waals surface area contributed by atoms with Crippen LogP contribution in [0.3, 0.4) is 0 Å². The molecule has 7 nitrogen and oxygen atoms in total. The molecule has 1 heterocycles. The van der Waals surface area contributed by atoms with Crippen molar-refractivity contribution in [2.75, 3.05) is 5.32 Å². The molecule has 3 rings (SSSR count). The van der Waals surface area contributed by atoms with E-state index in [0.717, 1.165) is 12.8 Å². The van der Waals surface area contributed by atoms with Crippen LogP contribution in [0.2, 0.25) is 0 Å². The van der Waals surface area contributed by atoms with Gasteiger partial charge in [0.1, 0.15) is 0 Å². The minimum absolute atomic E-state index is 0.207. The van der Waals surface area contributed by atoms with Crippen molar-refractivity contribution in [3.05, 3.63) is 46.8 Å². The van der Waals surface area contributed by atoms with E-state index in [2.05, 4.69) is 15.7 Å². The number of carbonyl (C=O) groups is 3. The Morgan fingerprint density at radius 3 is 2.44 bits per heavy atom. The van der Waals surface area contributed by atoms with Crippen LogP contribution in [-0.4, -0.2) is 33.4 Å². The van der Waals surface area contributed by atoms with Crippen LogP contribution in [0.15, 0.2) is 24.3 Å². The molecule has 2 amide bonds. The Morgan fingerprint density at radius 2 is 1.84 bits per heavy atom. The molecule has 1 saturated carbocycles. The molecular weight excluding hydrogens is 320 g/mol. The van der Waals surface area contributed by atoms with E-state index in [4.69, 9.17) is 0 Å². The maximum Gasteiger partial charge on any atom is 0.296 e. The standard InChI is InChI=1S/C18H20N4O3/c1-10-15(11(2)22(3)21-10)16(23)18(25)20-14-7-5-4-6-13(14)17(24)19-12-8-9-12/h4-7,12H,8-9H2,1-3H3,(H,19,24)(H,20,25). The summed E-state index contributed by atoms with van der Waals surface area (Å²) in [6.45, 7) is 3.42. The van der Waals surface area contributed by atoms with E-state index >= 15 is 0 Å². The highest BCUT2D eigenvalue weighted by atomic mass is 16.2. The van der Waals surface area contributed by atoms with Gasteiger partial charge in [0.2, 0.25) is 0 Å². The molecule has 0 atom stereocenters. The van der Waals surface area contributed by atoms with Crippen LogP contribution < -0.4 is 10.6 Å². The van der Waals surface area contributed by atoms with Gasteiger partial charge in [-0.3, -0.25) is 19.1 Å². The van der Waals surface area contributed by atoms with E-state index in [1.807, 2.05) is 0 Å². The monoisotopic (exact) mass is 340 g/mol. The Balaban J connectivity index is 1.81. The fourth-order valence-corrected chi connectivity index (χ4v) is 2.68. The van der Waals surface area contributed by atoms with Gasteiger partial charge >= 0.3 is 0 Å². The number of hydrogen-bond acceptors (Lipinski definition) is 4. The van der Waals surface area contributed by atoms with Crippen LogP contribution in [0.4, 0.5) is 5.69 Å². The first-order valence-corrected chi connectivity index (χ1v) is 8.14. The molecule has 130 valence electrons. The van der Waals surface area contributed by atoms with E-state index < -0.39 is 11.7 Å². The number of carbonyl (C=O) groups excluding carboxylic acids is 3. The third kappa shape index (κ3) is 3.45. The Hall–Kier alpha value is -2.96. The number of ketones is 1. The lowest BCUT2D eigenvalue weighted by Gasteiger charge is -2.11. The molecule has 0 unspecified atom stereocenters. The minimum Gasteiger partial charge on any atom is -0.349 e. The summed E-state index contributed by atoms with van der Waals surface area (Å²) in [6.07, 6.45) is 1.94. The van der Waals surface area contributed by atoms with Crippen molar-refractivity contribution in [1.82, 2.24) is 15.1 Å². The first-order chi connectivity index (χ1) is 11.9. The van der Waals surface area contributed by atoms with Crippen LogP contribution in [0.1, 0.15) is 44.9 Å². The van der Waals surface area contributed by atoms with Crippen molar-refractivity contribution in [3.8, 4) is 0 Å². The third-order valence-corrected chi connectivity index (χ3v) is 4.27. The fraction of sp³-hybridized carbons (Fsp3) is 0.333. The average Bonchev–Trinajstić information content (AvgIpc) is 3.34. The summed E-state index contributed by atoms with van der Waals surface area (Å²) in [7, 11) is 1.72. The summed E-state index contributed by atoms with van der Waals surface area (Å²) in [5, 5.41) is 9.60. The Morgan fingerprint density at radius 1 is 1.16 bits per heavy atom. The van der Waals surface area contributed by atoms with Gasteiger partial charge in [-0.15, -0.1) is 0 Å². The molecule has 2 N–H and O–H groups in total. The highest BCUT2D eigenvalue weighted by molar-refractivity contribution is 6.47. The molecule has 1 aromatic heterocycles. The smallest absolute Gasteiger partial charge is 0.296 e. The van der Waals surface area contributed by atoms with Gasteiger partial charge in [-0.25, -0.2) is 0 Å². The van der Waals surface area contributed by atoms with Crippen LogP contribution in [-0.2, 0) is 11.8 Å². The topological polar surface area (TPSA) is 93.1 Å². The van der Waals surface area contributed by atoms with Crippen LogP contribution >= 0.6 is 0 Å². The molecule has 7 heteroatoms. The number of aromatic nitrogens is 2. The second kappa shape index (κ2) is 6.51. The first kappa shape index (κ1) is 16.9. The molecule has 2 aromatic rings. The average molecular weight is 340 g/mol. The van der Waals surface area contributed by atoms with Gasteiger partial charge < -0.3 is 10.6 Å². The SMILES string of the molecule is Cc1nn(C)c(C)c1C(=O)C(=O)Nc1ccccc1C(=O)NC1CC1. The van der Waals surface area contributed by atoms with Gasteiger partial charge in [0, 0.05) is 18.8 Å². The summed E-state index contributed by atoms with van der Waals surface area (Å²) in [4.78, 5) is 37.2. The molecule has 0 radical (unpaired) electrons. The number of anilines is 1. The van der Waals surface area contributed by atoms with E-state index in [1.165, 1.54) is 0 Å². The molecule has 1 aliphatic rings. The minimum atomic E-state index is -0.786. The van der Waals surface area contributed by atoms with Crippen molar-refractivity contribution in [2.24, 2.45) is 7.05 Å². The van der Waals surface area contributed by atoms with Crippen LogP contribution in [0.25, 0.3) is 0 Å². The van der Waals surface area contributed by atoms with E-state index in [1.54, 1.807) is 49.8 Å². The lowest BCUT2D eigenvalue weighted by molar-refractivity contribution is -0.112. The summed E-state index contributed by atoms with van der Waals surface area (Å²) in [5.74, 6) is -1.70. The highest BCUT2D eigenvalue weighted by Gasteiger charge is 2.27. The largest absolute Gasteiger partial charge is 0.349 e. The van der Waals surface area contributed by atoms with Crippen molar-refractivity contribution in [2.45, 2.75) is 32.7 Å². The molecular formula is C18H20N4O3. The molecule has 1 aliphatic carbocycles. The van der Waals surface area contributed by atoms with Gasteiger partial charge in [-0.1, -0.05) is 12.1 Å². The van der Waals surface area contributed by atoms with Crippen molar-refractivity contribution < 1.29 is 14.4 Å². The predicted octanol–water partition coefficient (Wildman–Crippen LogP) is 1.75. The number of amides is 2. The Labute approximate surface area is 145 Å². The van der Waals surface area contributed by atoms with Gasteiger partial charge in [0.15, 0.2) is 0 Å². The quantitative estimate of drug-likeness (QED) is 0.640. The van der Waals surface area contributed by atoms with Crippen LogP contribution in [0.5, 0.6) is 0 Å². The number of nitrogens with zero attached hydrogens (tertiary/aromatic N) is 2. The molecule has 0 aliphatic heterocycles. The van der Waals surface area contributed by atoms with Gasteiger partial charge in [0.05, 0.1) is 22.5 Å². The van der Waals surface area contributed by atoms with Gasteiger partial charge in [0.25, 0.3) is 17.6 Å². The fourth-order valence-electron chi connectivity index (χ4n) is 2.68. The summed E-state index contributed by atoms with van der Waals surface area (Å²) < 4.78 is 1.56. The summed E-state index contributed by atoms with van der Waals surface area (Å²) in [6, 6.07) is 6.86. The normalized spacial score (nSPS) is 13.4. The Bertz CT molecular complexity index is 865. The van der Waals surface area contributed by atoms with Gasteiger partial charge in [-0.05, 0) is 38.8 Å². The second-order valence-corrected chi connectivity index (χ2v) is 6.25. The zero-order chi connectivity index (χ0) is 18.1. The molecule has 1 fully saturated rings. The zero-order valence-corrected chi connectivity index (χ0v) is 14.4. The maximum absolute atomic E-state index is 12.5. The lowest BCUT2D eigenvalue weighted by Crippen LogP contribution is -2.29. The van der Waals surface area contributed by atoms with E-state index in [-0.39, 0.29) is 11.9 Å². The third-order valence-electron chi connectivity index (χ3n) is 4.27. The summed E-state index contributed by atoms with van der Waals surface area (Å²) >= 11 is 0. The number of para-hydroxylation sites is 1. The Kier molecular flexibility index (Phi) is 4.39. The lowest BCUT2D eigenvalue weighted by atomic mass is 10.1. The second-order valence-electron chi connectivity index (χ2n) is 6.25. The maximum atomic E-state index is 12.5. The molecule has 0 bridgehead atoms. The number of hydrogen-bond donors (Lipinski definition) is 2. The van der Waals surface area contributed by atoms with E-state index in [9.17, 15) is 14.4 Å². The van der Waals surface area contributed by atoms with Crippen molar-refractivity contribution in [1.29, 1.82) is 0 Å².